The first kappa shape index (κ1) is 12.2. The lowest BCUT2D eigenvalue weighted by atomic mass is 10.1. The summed E-state index contributed by atoms with van der Waals surface area (Å²) in [7, 11) is 0. The van der Waals surface area contributed by atoms with Gasteiger partial charge in [0.2, 0.25) is 0 Å². The fourth-order valence-electron chi connectivity index (χ4n) is 1.67. The van der Waals surface area contributed by atoms with E-state index in [0.717, 1.165) is 5.56 Å². The maximum Gasteiger partial charge on any atom is 0.311 e. The summed E-state index contributed by atoms with van der Waals surface area (Å²) >= 11 is 0. The van der Waals surface area contributed by atoms with Gasteiger partial charge in [0.05, 0.1) is 0 Å². The van der Waals surface area contributed by atoms with Crippen LogP contribution in [0.5, 0.6) is 5.75 Å². The Balaban J connectivity index is 1.85. The number of benzene rings is 2. The molecule has 0 fully saturated rings. The van der Waals surface area contributed by atoms with Crippen LogP contribution < -0.4 is 10.5 Å². The SMILES string of the molecule is Nc1cccc(CCC(=O)Oc2ccccc2)c1. The summed E-state index contributed by atoms with van der Waals surface area (Å²) in [6.07, 6.45) is 0.981. The van der Waals surface area contributed by atoms with Crippen molar-refractivity contribution in [1.29, 1.82) is 0 Å². The standard InChI is InChI=1S/C15H15NO2/c16-13-6-4-5-12(11-13)9-10-15(17)18-14-7-2-1-3-8-14/h1-8,11H,9-10,16H2. The van der Waals surface area contributed by atoms with Gasteiger partial charge in [0.25, 0.3) is 0 Å². The molecule has 0 spiro atoms. The van der Waals surface area contributed by atoms with Gasteiger partial charge in [-0.3, -0.25) is 4.79 Å². The van der Waals surface area contributed by atoms with Crippen molar-refractivity contribution in [3.8, 4) is 5.75 Å². The molecule has 0 heterocycles. The second-order valence-electron chi connectivity index (χ2n) is 4.03. The number of esters is 1. The lowest BCUT2D eigenvalue weighted by molar-refractivity contribution is -0.134. The summed E-state index contributed by atoms with van der Waals surface area (Å²) < 4.78 is 5.20. The minimum Gasteiger partial charge on any atom is -0.427 e. The Labute approximate surface area is 106 Å². The molecule has 2 N–H and O–H groups in total. The average molecular weight is 241 g/mol. The largest absolute Gasteiger partial charge is 0.427 e. The van der Waals surface area contributed by atoms with Crippen molar-refractivity contribution < 1.29 is 9.53 Å². The molecule has 2 aromatic rings. The Hall–Kier alpha value is -2.29. The Morgan fingerprint density at radius 1 is 1.06 bits per heavy atom. The van der Waals surface area contributed by atoms with Crippen molar-refractivity contribution in [2.45, 2.75) is 12.8 Å². The zero-order valence-corrected chi connectivity index (χ0v) is 10.0. The number of aryl methyl sites for hydroxylation is 1. The van der Waals surface area contributed by atoms with Gasteiger partial charge in [-0.2, -0.15) is 0 Å². The van der Waals surface area contributed by atoms with Crippen LogP contribution in [0.15, 0.2) is 54.6 Å². The van der Waals surface area contributed by atoms with Crippen molar-refractivity contribution >= 4 is 11.7 Å². The van der Waals surface area contributed by atoms with Crippen LogP contribution in [0.1, 0.15) is 12.0 Å². The molecule has 92 valence electrons. The number of anilines is 1. The molecule has 0 aliphatic carbocycles. The van der Waals surface area contributed by atoms with Gasteiger partial charge in [-0.1, -0.05) is 30.3 Å². The topological polar surface area (TPSA) is 52.3 Å². The van der Waals surface area contributed by atoms with Gasteiger partial charge in [-0.25, -0.2) is 0 Å². The van der Waals surface area contributed by atoms with E-state index in [4.69, 9.17) is 10.5 Å². The van der Waals surface area contributed by atoms with E-state index < -0.39 is 0 Å². The molecular formula is C15H15NO2. The molecule has 3 nitrogen and oxygen atoms in total. The van der Waals surface area contributed by atoms with Gasteiger partial charge in [0, 0.05) is 12.1 Å². The van der Waals surface area contributed by atoms with Crippen LogP contribution in [-0.4, -0.2) is 5.97 Å². The number of para-hydroxylation sites is 1. The number of hydrogen-bond donors (Lipinski definition) is 1. The first-order valence-electron chi connectivity index (χ1n) is 5.84. The van der Waals surface area contributed by atoms with Gasteiger partial charge in [0.15, 0.2) is 0 Å². The van der Waals surface area contributed by atoms with Crippen molar-refractivity contribution in [3.63, 3.8) is 0 Å². The molecule has 0 saturated heterocycles. The zero-order valence-electron chi connectivity index (χ0n) is 10.0. The Morgan fingerprint density at radius 2 is 1.83 bits per heavy atom. The van der Waals surface area contributed by atoms with Gasteiger partial charge >= 0.3 is 5.97 Å². The molecule has 2 aromatic carbocycles. The number of carbonyl (C=O) groups is 1. The molecule has 3 heteroatoms. The molecule has 0 atom stereocenters. The summed E-state index contributed by atoms with van der Waals surface area (Å²) in [5.41, 5.74) is 7.43. The minimum absolute atomic E-state index is 0.233. The van der Waals surface area contributed by atoms with Crippen LogP contribution in [0.3, 0.4) is 0 Å². The van der Waals surface area contributed by atoms with E-state index in [9.17, 15) is 4.79 Å². The van der Waals surface area contributed by atoms with Gasteiger partial charge in [-0.05, 0) is 36.2 Å². The fraction of sp³-hybridized carbons (Fsp3) is 0.133. The lowest BCUT2D eigenvalue weighted by Crippen LogP contribution is -2.08. The highest BCUT2D eigenvalue weighted by Crippen LogP contribution is 2.12. The Bertz CT molecular complexity index is 523. The first-order valence-corrected chi connectivity index (χ1v) is 5.84. The molecule has 2 rings (SSSR count). The summed E-state index contributed by atoms with van der Waals surface area (Å²) in [5, 5.41) is 0. The molecule has 0 aliphatic heterocycles. The molecule has 0 saturated carbocycles. The summed E-state index contributed by atoms with van der Waals surface area (Å²) in [4.78, 5) is 11.6. The summed E-state index contributed by atoms with van der Waals surface area (Å²) in [5.74, 6) is 0.346. The number of ether oxygens (including phenoxy) is 1. The number of nitrogens with two attached hydrogens (primary N) is 1. The van der Waals surface area contributed by atoms with Crippen molar-refractivity contribution in [1.82, 2.24) is 0 Å². The van der Waals surface area contributed by atoms with Crippen LogP contribution in [0, 0.1) is 0 Å². The third-order valence-corrected chi connectivity index (χ3v) is 2.54. The summed E-state index contributed by atoms with van der Waals surface area (Å²) in [6.45, 7) is 0. The smallest absolute Gasteiger partial charge is 0.311 e. The molecule has 0 aliphatic rings. The van der Waals surface area contributed by atoms with Crippen LogP contribution >= 0.6 is 0 Å². The third kappa shape index (κ3) is 3.63. The van der Waals surface area contributed by atoms with Gasteiger partial charge < -0.3 is 10.5 Å². The van der Waals surface area contributed by atoms with Crippen LogP contribution in [-0.2, 0) is 11.2 Å². The highest BCUT2D eigenvalue weighted by molar-refractivity contribution is 5.72. The van der Waals surface area contributed by atoms with Gasteiger partial charge in [0.1, 0.15) is 5.75 Å². The van der Waals surface area contributed by atoms with E-state index in [0.29, 0.717) is 24.3 Å². The Morgan fingerprint density at radius 3 is 2.56 bits per heavy atom. The molecule has 18 heavy (non-hydrogen) atoms. The van der Waals surface area contributed by atoms with E-state index in [1.54, 1.807) is 12.1 Å². The number of hydrogen-bond acceptors (Lipinski definition) is 3. The normalized spacial score (nSPS) is 10.0. The minimum atomic E-state index is -0.233. The van der Waals surface area contributed by atoms with Crippen molar-refractivity contribution in [2.24, 2.45) is 0 Å². The van der Waals surface area contributed by atoms with Crippen LogP contribution in [0.2, 0.25) is 0 Å². The van der Waals surface area contributed by atoms with E-state index >= 15 is 0 Å². The highest BCUT2D eigenvalue weighted by atomic mass is 16.5. The second kappa shape index (κ2) is 5.87. The van der Waals surface area contributed by atoms with Crippen molar-refractivity contribution in [3.05, 3.63) is 60.2 Å². The molecule has 0 radical (unpaired) electrons. The highest BCUT2D eigenvalue weighted by Gasteiger charge is 2.05. The molecule has 0 bridgehead atoms. The predicted molar refractivity (Wildman–Crippen MR) is 71.3 cm³/mol. The molecule has 0 aromatic heterocycles. The second-order valence-corrected chi connectivity index (χ2v) is 4.03. The van der Waals surface area contributed by atoms with Crippen LogP contribution in [0.25, 0.3) is 0 Å². The predicted octanol–water partition coefficient (Wildman–Crippen LogP) is 2.81. The van der Waals surface area contributed by atoms with E-state index in [1.807, 2.05) is 42.5 Å². The van der Waals surface area contributed by atoms with E-state index in [1.165, 1.54) is 0 Å². The van der Waals surface area contributed by atoms with Crippen LogP contribution in [0.4, 0.5) is 5.69 Å². The summed E-state index contributed by atoms with van der Waals surface area (Å²) in [6, 6.07) is 16.6. The number of carbonyl (C=O) groups excluding carboxylic acids is 1. The van der Waals surface area contributed by atoms with E-state index in [2.05, 4.69) is 0 Å². The molecular weight excluding hydrogens is 226 g/mol. The molecule has 0 amide bonds. The molecule has 0 unspecified atom stereocenters. The zero-order chi connectivity index (χ0) is 12.8. The quantitative estimate of drug-likeness (QED) is 0.508. The third-order valence-electron chi connectivity index (χ3n) is 2.54. The maximum atomic E-state index is 11.6. The lowest BCUT2D eigenvalue weighted by Gasteiger charge is -2.04. The fourth-order valence-corrected chi connectivity index (χ4v) is 1.67. The maximum absolute atomic E-state index is 11.6. The van der Waals surface area contributed by atoms with Gasteiger partial charge in [-0.15, -0.1) is 0 Å². The monoisotopic (exact) mass is 241 g/mol. The first-order chi connectivity index (χ1) is 8.74. The Kier molecular flexibility index (Phi) is 3.97. The van der Waals surface area contributed by atoms with E-state index in [-0.39, 0.29) is 5.97 Å². The number of nitrogen functional groups attached to an aromatic ring is 1. The van der Waals surface area contributed by atoms with Crippen molar-refractivity contribution in [2.75, 3.05) is 5.73 Å². The average Bonchev–Trinajstić information content (AvgIpc) is 2.38. The number of rotatable bonds is 4.